The standard InChI is InChI=1S/C22H25N3OS/c1-14-9-11-17(12-10-14)20-19(21(26)24(4)5)16(3)25(22(27)23-20)18-8-6-7-15(2)13-18/h6-13,20H,1-5H3,(H,23,27). The molecule has 140 valence electrons. The maximum absolute atomic E-state index is 13.1. The van der Waals surface area contributed by atoms with Crippen molar-refractivity contribution in [2.75, 3.05) is 19.0 Å². The van der Waals surface area contributed by atoms with Gasteiger partial charge in [0.1, 0.15) is 0 Å². The van der Waals surface area contributed by atoms with Crippen molar-refractivity contribution >= 4 is 28.9 Å². The van der Waals surface area contributed by atoms with E-state index in [1.165, 1.54) is 5.56 Å². The summed E-state index contributed by atoms with van der Waals surface area (Å²) in [5, 5.41) is 3.98. The first-order valence-corrected chi connectivity index (χ1v) is 9.36. The predicted octanol–water partition coefficient (Wildman–Crippen LogP) is 4.10. The molecule has 27 heavy (non-hydrogen) atoms. The summed E-state index contributed by atoms with van der Waals surface area (Å²) in [7, 11) is 3.55. The van der Waals surface area contributed by atoms with E-state index in [-0.39, 0.29) is 11.9 Å². The molecule has 1 aliphatic rings. The third-order valence-corrected chi connectivity index (χ3v) is 5.09. The smallest absolute Gasteiger partial charge is 0.253 e. The molecule has 1 aliphatic heterocycles. The van der Waals surface area contributed by atoms with Crippen molar-refractivity contribution in [1.29, 1.82) is 0 Å². The van der Waals surface area contributed by atoms with E-state index in [1.54, 1.807) is 19.0 Å². The normalized spacial score (nSPS) is 17.0. The van der Waals surface area contributed by atoms with Crippen LogP contribution in [0.25, 0.3) is 0 Å². The Hall–Kier alpha value is -2.66. The number of benzene rings is 2. The number of rotatable bonds is 3. The van der Waals surface area contributed by atoms with Crippen LogP contribution in [0.1, 0.15) is 29.7 Å². The molecule has 0 radical (unpaired) electrons. The highest BCUT2D eigenvalue weighted by molar-refractivity contribution is 7.80. The minimum absolute atomic E-state index is 0.0225. The quantitative estimate of drug-likeness (QED) is 0.815. The number of nitrogens with one attached hydrogen (secondary N) is 1. The second-order valence-corrected chi connectivity index (χ2v) is 7.55. The van der Waals surface area contributed by atoms with Gasteiger partial charge in [-0.05, 0) is 56.2 Å². The number of carbonyl (C=O) groups is 1. The SMILES string of the molecule is CC1=C(C(=O)N(C)C)C(c2ccc(C)cc2)NC(=S)N1c1cccc(C)c1. The number of allylic oxidation sites excluding steroid dienone is 1. The van der Waals surface area contributed by atoms with Crippen molar-refractivity contribution in [2.24, 2.45) is 0 Å². The zero-order chi connectivity index (χ0) is 19.7. The van der Waals surface area contributed by atoms with Gasteiger partial charge in [-0.15, -0.1) is 0 Å². The van der Waals surface area contributed by atoms with Crippen molar-refractivity contribution in [3.63, 3.8) is 0 Å². The van der Waals surface area contributed by atoms with Gasteiger partial charge in [0.15, 0.2) is 5.11 Å². The topological polar surface area (TPSA) is 35.6 Å². The molecule has 1 heterocycles. The van der Waals surface area contributed by atoms with Crippen molar-refractivity contribution in [2.45, 2.75) is 26.8 Å². The summed E-state index contributed by atoms with van der Waals surface area (Å²) >= 11 is 5.69. The Morgan fingerprint density at radius 2 is 1.70 bits per heavy atom. The number of aryl methyl sites for hydroxylation is 2. The number of nitrogens with zero attached hydrogens (tertiary/aromatic N) is 2. The summed E-state index contributed by atoms with van der Waals surface area (Å²) in [5.74, 6) is -0.0225. The highest BCUT2D eigenvalue weighted by Gasteiger charge is 2.35. The average Bonchev–Trinajstić information content (AvgIpc) is 2.61. The van der Waals surface area contributed by atoms with E-state index >= 15 is 0 Å². The molecular weight excluding hydrogens is 354 g/mol. The number of thiocarbonyl (C=S) groups is 1. The fourth-order valence-electron chi connectivity index (χ4n) is 3.35. The Kier molecular flexibility index (Phi) is 5.33. The number of likely N-dealkylation sites (N-methyl/N-ethyl adjacent to an activating group) is 1. The van der Waals surface area contributed by atoms with E-state index in [2.05, 4.69) is 30.4 Å². The van der Waals surface area contributed by atoms with Gasteiger partial charge < -0.3 is 10.2 Å². The lowest BCUT2D eigenvalue weighted by Gasteiger charge is -2.38. The van der Waals surface area contributed by atoms with Crippen molar-refractivity contribution < 1.29 is 4.79 Å². The first kappa shape index (κ1) is 19.1. The van der Waals surface area contributed by atoms with Crippen LogP contribution in [0.4, 0.5) is 5.69 Å². The van der Waals surface area contributed by atoms with Crippen LogP contribution in [0, 0.1) is 13.8 Å². The molecule has 2 aromatic rings. The van der Waals surface area contributed by atoms with Gasteiger partial charge in [0.05, 0.1) is 11.6 Å². The van der Waals surface area contributed by atoms with E-state index < -0.39 is 0 Å². The fraction of sp³-hybridized carbons (Fsp3) is 0.273. The highest BCUT2D eigenvalue weighted by atomic mass is 32.1. The molecule has 0 saturated carbocycles. The number of hydrogen-bond acceptors (Lipinski definition) is 2. The van der Waals surface area contributed by atoms with Crippen molar-refractivity contribution in [1.82, 2.24) is 10.2 Å². The zero-order valence-corrected chi connectivity index (χ0v) is 17.2. The molecule has 0 aliphatic carbocycles. The van der Waals surface area contributed by atoms with Crippen LogP contribution in [0.2, 0.25) is 0 Å². The Morgan fingerprint density at radius 1 is 1.04 bits per heavy atom. The minimum Gasteiger partial charge on any atom is -0.351 e. The lowest BCUT2D eigenvalue weighted by Crippen LogP contribution is -2.49. The molecule has 0 aromatic heterocycles. The maximum atomic E-state index is 13.1. The first-order valence-electron chi connectivity index (χ1n) is 8.96. The first-order chi connectivity index (χ1) is 12.8. The van der Waals surface area contributed by atoms with Gasteiger partial charge in [-0.3, -0.25) is 9.69 Å². The Balaban J connectivity index is 2.16. The zero-order valence-electron chi connectivity index (χ0n) is 16.4. The minimum atomic E-state index is -0.269. The lowest BCUT2D eigenvalue weighted by atomic mass is 9.93. The number of carbonyl (C=O) groups excluding carboxylic acids is 1. The lowest BCUT2D eigenvalue weighted by molar-refractivity contribution is -0.125. The van der Waals surface area contributed by atoms with Crippen LogP contribution < -0.4 is 10.2 Å². The van der Waals surface area contributed by atoms with Gasteiger partial charge in [0, 0.05) is 25.5 Å². The second kappa shape index (κ2) is 7.53. The summed E-state index contributed by atoms with van der Waals surface area (Å²) in [4.78, 5) is 16.6. The molecule has 1 unspecified atom stereocenters. The van der Waals surface area contributed by atoms with Crippen molar-refractivity contribution in [3.05, 3.63) is 76.5 Å². The van der Waals surface area contributed by atoms with Crippen LogP contribution in [-0.2, 0) is 4.79 Å². The van der Waals surface area contributed by atoms with Gasteiger partial charge in [0.25, 0.3) is 5.91 Å². The predicted molar refractivity (Wildman–Crippen MR) is 115 cm³/mol. The molecule has 2 aromatic carbocycles. The molecular formula is C22H25N3OS. The van der Waals surface area contributed by atoms with E-state index in [0.29, 0.717) is 10.7 Å². The Labute approximate surface area is 166 Å². The molecule has 3 rings (SSSR count). The maximum Gasteiger partial charge on any atom is 0.253 e. The van der Waals surface area contributed by atoms with E-state index in [1.807, 2.05) is 49.1 Å². The van der Waals surface area contributed by atoms with Gasteiger partial charge >= 0.3 is 0 Å². The fourth-order valence-corrected chi connectivity index (χ4v) is 3.71. The molecule has 0 bridgehead atoms. The molecule has 5 heteroatoms. The number of hydrogen-bond donors (Lipinski definition) is 1. The van der Waals surface area contributed by atoms with Gasteiger partial charge in [-0.25, -0.2) is 0 Å². The third-order valence-electron chi connectivity index (χ3n) is 4.79. The van der Waals surface area contributed by atoms with Crippen LogP contribution >= 0.6 is 12.2 Å². The molecule has 0 spiro atoms. The van der Waals surface area contributed by atoms with Crippen LogP contribution in [0.5, 0.6) is 0 Å². The molecule has 1 atom stereocenters. The van der Waals surface area contributed by atoms with Crippen molar-refractivity contribution in [3.8, 4) is 0 Å². The summed E-state index contributed by atoms with van der Waals surface area (Å²) < 4.78 is 0. The Bertz CT molecular complexity index is 915. The summed E-state index contributed by atoms with van der Waals surface area (Å²) in [5.41, 5.74) is 5.87. The Morgan fingerprint density at radius 3 is 2.30 bits per heavy atom. The molecule has 0 saturated heterocycles. The van der Waals surface area contributed by atoms with E-state index in [4.69, 9.17) is 12.2 Å². The van der Waals surface area contributed by atoms with Crippen LogP contribution in [0.3, 0.4) is 0 Å². The average molecular weight is 380 g/mol. The van der Waals surface area contributed by atoms with Gasteiger partial charge in [-0.1, -0.05) is 42.0 Å². The van der Waals surface area contributed by atoms with Crippen LogP contribution in [-0.4, -0.2) is 30.0 Å². The summed E-state index contributed by atoms with van der Waals surface area (Å²) in [6.45, 7) is 6.06. The van der Waals surface area contributed by atoms with E-state index in [0.717, 1.165) is 22.5 Å². The molecule has 1 amide bonds. The summed E-state index contributed by atoms with van der Waals surface area (Å²) in [6.07, 6.45) is 0. The highest BCUT2D eigenvalue weighted by Crippen LogP contribution is 2.34. The molecule has 0 fully saturated rings. The van der Waals surface area contributed by atoms with E-state index in [9.17, 15) is 4.79 Å². The molecule has 1 N–H and O–H groups in total. The van der Waals surface area contributed by atoms with Crippen LogP contribution in [0.15, 0.2) is 59.8 Å². The monoisotopic (exact) mass is 379 g/mol. The largest absolute Gasteiger partial charge is 0.351 e. The van der Waals surface area contributed by atoms with Gasteiger partial charge in [0.2, 0.25) is 0 Å². The third kappa shape index (κ3) is 3.74. The number of anilines is 1. The van der Waals surface area contributed by atoms with Gasteiger partial charge in [-0.2, -0.15) is 0 Å². The second-order valence-electron chi connectivity index (χ2n) is 7.17. The molecule has 4 nitrogen and oxygen atoms in total. The summed E-state index contributed by atoms with van der Waals surface area (Å²) in [6, 6.07) is 16.1. The number of amides is 1.